The van der Waals surface area contributed by atoms with Crippen LogP contribution in [0.4, 0.5) is 5.69 Å². The number of H-pyrrole nitrogens is 1. The van der Waals surface area contributed by atoms with Crippen LogP contribution in [0.3, 0.4) is 0 Å². The van der Waals surface area contributed by atoms with Crippen molar-refractivity contribution >= 4 is 23.3 Å². The summed E-state index contributed by atoms with van der Waals surface area (Å²) in [5.74, 6) is -0.325. The lowest BCUT2D eigenvalue weighted by Crippen LogP contribution is -2.45. The van der Waals surface area contributed by atoms with Gasteiger partial charge in [0.25, 0.3) is 5.91 Å². The Morgan fingerprint density at radius 1 is 1.17 bits per heavy atom. The van der Waals surface area contributed by atoms with Crippen LogP contribution in [0.2, 0.25) is 0 Å². The van der Waals surface area contributed by atoms with Crippen LogP contribution in [0.25, 0.3) is 0 Å². The summed E-state index contributed by atoms with van der Waals surface area (Å²) < 4.78 is 0. The number of aromatic amines is 1. The Balaban J connectivity index is 1.63. The van der Waals surface area contributed by atoms with E-state index in [9.17, 15) is 14.4 Å². The maximum Gasteiger partial charge on any atom is 0.270 e. The normalized spacial score (nSPS) is 14.7. The average Bonchev–Trinajstić information content (AvgIpc) is 3.45. The molecule has 1 saturated heterocycles. The highest BCUT2D eigenvalue weighted by molar-refractivity contribution is 6.01. The zero-order chi connectivity index (χ0) is 21.5. The maximum atomic E-state index is 12.9. The maximum absolute atomic E-state index is 12.9. The number of hydrogen-bond acceptors (Lipinski definition) is 4. The molecule has 2 aromatic rings. The number of amides is 2. The van der Waals surface area contributed by atoms with E-state index < -0.39 is 6.04 Å². The van der Waals surface area contributed by atoms with E-state index in [-0.39, 0.29) is 24.1 Å². The molecule has 160 valence electrons. The lowest BCUT2D eigenvalue weighted by atomic mass is 10.1. The highest BCUT2D eigenvalue weighted by Gasteiger charge is 2.25. The van der Waals surface area contributed by atoms with Crippen molar-refractivity contribution in [1.82, 2.24) is 14.8 Å². The second-order valence-electron chi connectivity index (χ2n) is 7.73. The van der Waals surface area contributed by atoms with Gasteiger partial charge >= 0.3 is 0 Å². The van der Waals surface area contributed by atoms with Crippen LogP contribution in [-0.2, 0) is 4.79 Å². The lowest BCUT2D eigenvalue weighted by Gasteiger charge is -2.27. The van der Waals surface area contributed by atoms with Crippen molar-refractivity contribution < 1.29 is 14.4 Å². The van der Waals surface area contributed by atoms with Crippen molar-refractivity contribution in [3.05, 3.63) is 53.9 Å². The molecular formula is C23H30N4O3. The third-order valence-electron chi connectivity index (χ3n) is 5.45. The van der Waals surface area contributed by atoms with E-state index >= 15 is 0 Å². The van der Waals surface area contributed by atoms with Crippen molar-refractivity contribution in [3.63, 3.8) is 0 Å². The van der Waals surface area contributed by atoms with Gasteiger partial charge in [0, 0.05) is 30.5 Å². The number of carbonyl (C=O) groups is 3. The minimum atomic E-state index is -0.459. The third-order valence-corrected chi connectivity index (χ3v) is 5.45. The van der Waals surface area contributed by atoms with E-state index in [1.165, 1.54) is 0 Å². The second-order valence-corrected chi connectivity index (χ2v) is 7.73. The zero-order valence-corrected chi connectivity index (χ0v) is 17.7. The first-order valence-electron chi connectivity index (χ1n) is 10.6. The fraction of sp³-hybridized carbons (Fsp3) is 0.435. The van der Waals surface area contributed by atoms with Crippen molar-refractivity contribution in [3.8, 4) is 0 Å². The number of ketones is 1. The van der Waals surface area contributed by atoms with Crippen LogP contribution in [0.5, 0.6) is 0 Å². The number of anilines is 1. The van der Waals surface area contributed by atoms with E-state index in [1.54, 1.807) is 24.1 Å². The molecule has 1 atom stereocenters. The predicted octanol–water partition coefficient (Wildman–Crippen LogP) is 3.17. The number of nitrogens with one attached hydrogen (secondary N) is 2. The van der Waals surface area contributed by atoms with Gasteiger partial charge in [-0.05, 0) is 50.9 Å². The molecule has 0 radical (unpaired) electrons. The summed E-state index contributed by atoms with van der Waals surface area (Å²) >= 11 is 0. The first kappa shape index (κ1) is 21.8. The van der Waals surface area contributed by atoms with Gasteiger partial charge in [-0.3, -0.25) is 19.3 Å². The number of benzene rings is 1. The second kappa shape index (κ2) is 10.2. The van der Waals surface area contributed by atoms with Crippen LogP contribution < -0.4 is 5.32 Å². The molecule has 0 spiro atoms. The SMILES string of the molecule is CCCN(CC(=O)c1c[nH]c(C(=O)N2CCCC2)c1)C(C)C(=O)Nc1ccccc1. The molecule has 1 fully saturated rings. The number of aromatic nitrogens is 1. The summed E-state index contributed by atoms with van der Waals surface area (Å²) in [7, 11) is 0. The van der Waals surface area contributed by atoms with Gasteiger partial charge in [0.2, 0.25) is 5.91 Å². The first-order chi connectivity index (χ1) is 14.5. The molecule has 1 aromatic heterocycles. The molecule has 1 aliphatic rings. The molecule has 2 amide bonds. The molecular weight excluding hydrogens is 380 g/mol. The Morgan fingerprint density at radius 2 is 1.87 bits per heavy atom. The molecule has 2 N–H and O–H groups in total. The fourth-order valence-electron chi connectivity index (χ4n) is 3.68. The molecule has 0 saturated carbocycles. The number of nitrogens with zero attached hydrogens (tertiary/aromatic N) is 2. The number of carbonyl (C=O) groups excluding carboxylic acids is 3. The van der Waals surface area contributed by atoms with E-state index in [4.69, 9.17) is 0 Å². The van der Waals surface area contributed by atoms with Crippen LogP contribution in [0.1, 0.15) is 54.0 Å². The van der Waals surface area contributed by atoms with Gasteiger partial charge in [0.15, 0.2) is 5.78 Å². The highest BCUT2D eigenvalue weighted by atomic mass is 16.2. The van der Waals surface area contributed by atoms with E-state index in [1.807, 2.05) is 42.2 Å². The summed E-state index contributed by atoms with van der Waals surface area (Å²) in [6.07, 6.45) is 4.45. The Hall–Kier alpha value is -2.93. The van der Waals surface area contributed by atoms with Crippen LogP contribution in [0.15, 0.2) is 42.6 Å². The number of likely N-dealkylation sites (tertiary alicyclic amines) is 1. The summed E-state index contributed by atoms with van der Waals surface area (Å²) in [5.41, 5.74) is 1.64. The first-order valence-corrected chi connectivity index (χ1v) is 10.6. The smallest absolute Gasteiger partial charge is 0.270 e. The number of rotatable bonds is 9. The molecule has 0 aliphatic carbocycles. The molecule has 3 rings (SSSR count). The van der Waals surface area contributed by atoms with Crippen molar-refractivity contribution in [1.29, 1.82) is 0 Å². The van der Waals surface area contributed by atoms with Gasteiger partial charge in [-0.2, -0.15) is 0 Å². The standard InChI is InChI=1S/C23H30N4O3/c1-3-11-27(17(2)22(29)25-19-9-5-4-6-10-19)16-21(28)18-14-20(24-15-18)23(30)26-12-7-8-13-26/h4-6,9-10,14-15,17,24H,3,7-8,11-13,16H2,1-2H3,(H,25,29). The van der Waals surface area contributed by atoms with E-state index in [2.05, 4.69) is 10.3 Å². The average molecular weight is 411 g/mol. The van der Waals surface area contributed by atoms with Crippen molar-refractivity contribution in [2.24, 2.45) is 0 Å². The van der Waals surface area contributed by atoms with Crippen LogP contribution in [0, 0.1) is 0 Å². The van der Waals surface area contributed by atoms with Crippen LogP contribution in [-0.4, -0.2) is 64.6 Å². The predicted molar refractivity (Wildman–Crippen MR) is 117 cm³/mol. The molecule has 30 heavy (non-hydrogen) atoms. The minimum absolute atomic E-state index is 0.0624. The van der Waals surface area contributed by atoms with Crippen molar-refractivity contribution in [2.45, 2.75) is 39.2 Å². The highest BCUT2D eigenvalue weighted by Crippen LogP contribution is 2.15. The van der Waals surface area contributed by atoms with Gasteiger partial charge in [0.05, 0.1) is 12.6 Å². The summed E-state index contributed by atoms with van der Waals surface area (Å²) in [4.78, 5) is 44.6. The molecule has 2 heterocycles. The van der Waals surface area contributed by atoms with Gasteiger partial charge < -0.3 is 15.2 Å². The molecule has 0 bridgehead atoms. The van der Waals surface area contributed by atoms with Gasteiger partial charge in [-0.15, -0.1) is 0 Å². The Labute approximate surface area is 177 Å². The van der Waals surface area contributed by atoms with Crippen LogP contribution >= 0.6 is 0 Å². The van der Waals surface area contributed by atoms with Gasteiger partial charge in [-0.25, -0.2) is 0 Å². The number of hydrogen-bond donors (Lipinski definition) is 2. The lowest BCUT2D eigenvalue weighted by molar-refractivity contribution is -0.120. The Morgan fingerprint density at radius 3 is 2.53 bits per heavy atom. The Bertz CT molecular complexity index is 872. The quantitative estimate of drug-likeness (QED) is 0.622. The summed E-state index contributed by atoms with van der Waals surface area (Å²) in [5, 5.41) is 2.90. The monoisotopic (exact) mass is 410 g/mol. The Kier molecular flexibility index (Phi) is 7.41. The van der Waals surface area contributed by atoms with Gasteiger partial charge in [-0.1, -0.05) is 25.1 Å². The van der Waals surface area contributed by atoms with E-state index in [0.717, 1.165) is 38.0 Å². The summed E-state index contributed by atoms with van der Waals surface area (Å²) in [6, 6.07) is 10.4. The fourth-order valence-corrected chi connectivity index (χ4v) is 3.68. The largest absolute Gasteiger partial charge is 0.356 e. The van der Waals surface area contributed by atoms with E-state index in [0.29, 0.717) is 17.8 Å². The topological polar surface area (TPSA) is 85.5 Å². The van der Waals surface area contributed by atoms with Crippen molar-refractivity contribution in [2.75, 3.05) is 31.5 Å². The molecule has 1 aliphatic heterocycles. The minimum Gasteiger partial charge on any atom is -0.356 e. The third kappa shape index (κ3) is 5.36. The number of para-hydroxylation sites is 1. The molecule has 1 unspecified atom stereocenters. The molecule has 1 aromatic carbocycles. The number of Topliss-reactive ketones (excluding diaryl/α,β-unsaturated/α-hetero) is 1. The summed E-state index contributed by atoms with van der Waals surface area (Å²) in [6.45, 7) is 6.09. The molecule has 7 nitrogen and oxygen atoms in total. The van der Waals surface area contributed by atoms with Gasteiger partial charge in [0.1, 0.15) is 5.69 Å². The zero-order valence-electron chi connectivity index (χ0n) is 17.7. The molecule has 7 heteroatoms.